The first-order valence-corrected chi connectivity index (χ1v) is 12.7. The highest BCUT2D eigenvalue weighted by Gasteiger charge is 2.29. The molecule has 182 valence electrons. The molecular weight excluding hydrogens is 458 g/mol. The monoisotopic (exact) mass is 489 g/mol. The largest absolute Gasteiger partial charge is 0.330 e. The minimum Gasteiger partial charge on any atom is -0.330 e. The van der Waals surface area contributed by atoms with Crippen molar-refractivity contribution in [1.29, 1.82) is 0 Å². The van der Waals surface area contributed by atoms with Crippen molar-refractivity contribution >= 4 is 27.7 Å². The minimum absolute atomic E-state index is 0.0916. The van der Waals surface area contributed by atoms with E-state index in [-0.39, 0.29) is 11.5 Å². The molecule has 0 saturated carbocycles. The Labute approximate surface area is 209 Å². The molecule has 2 heterocycles. The summed E-state index contributed by atoms with van der Waals surface area (Å²) < 4.78 is 6.63. The highest BCUT2D eigenvalue weighted by Crippen LogP contribution is 2.28. The minimum atomic E-state index is -0.393. The summed E-state index contributed by atoms with van der Waals surface area (Å²) in [5, 5.41) is 0. The van der Waals surface area contributed by atoms with Crippen LogP contribution >= 0.6 is 11.5 Å². The highest BCUT2D eigenvalue weighted by atomic mass is 32.1. The van der Waals surface area contributed by atoms with Gasteiger partial charge in [-0.05, 0) is 62.5 Å². The number of hydrogen-bond donors (Lipinski definition) is 1. The fraction of sp³-hybridized carbons (Fsp3) is 0.333. The van der Waals surface area contributed by atoms with Crippen LogP contribution in [0.2, 0.25) is 0 Å². The molecule has 1 amide bonds. The van der Waals surface area contributed by atoms with Gasteiger partial charge in [0.1, 0.15) is 16.0 Å². The number of hydrogen-bond acceptors (Lipinski definition) is 6. The number of carbonyl (C=O) groups excluding carboxylic acids is 1. The molecule has 0 aliphatic carbocycles. The second-order valence-corrected chi connectivity index (χ2v) is 9.50. The molecule has 7 nitrogen and oxygen atoms in total. The number of rotatable bonds is 9. The Morgan fingerprint density at radius 1 is 1.11 bits per heavy atom. The molecule has 4 rings (SSSR count). The second kappa shape index (κ2) is 10.9. The van der Waals surface area contributed by atoms with Crippen molar-refractivity contribution in [3.8, 4) is 0 Å². The van der Waals surface area contributed by atoms with E-state index in [1.165, 1.54) is 11.5 Å². The van der Waals surface area contributed by atoms with Crippen LogP contribution in [0.15, 0.2) is 59.4 Å². The SMILES string of the molecule is CC[C@H](c1nc2c(C)nsc2c(=O)n1Cc1ccccc1)N(CCCN)C(=O)c1ccc(C)cc1. The molecule has 0 bridgehead atoms. The Morgan fingerprint density at radius 2 is 1.83 bits per heavy atom. The van der Waals surface area contributed by atoms with Crippen LogP contribution in [0, 0.1) is 13.8 Å². The van der Waals surface area contributed by atoms with Crippen LogP contribution < -0.4 is 11.3 Å². The fourth-order valence-corrected chi connectivity index (χ4v) is 5.06. The maximum Gasteiger partial charge on any atom is 0.273 e. The van der Waals surface area contributed by atoms with Gasteiger partial charge in [-0.1, -0.05) is 55.0 Å². The molecule has 35 heavy (non-hydrogen) atoms. The summed E-state index contributed by atoms with van der Waals surface area (Å²) in [6, 6.07) is 17.0. The molecule has 1 atom stereocenters. The normalized spacial score (nSPS) is 12.1. The average molecular weight is 490 g/mol. The predicted octanol–water partition coefficient (Wildman–Crippen LogP) is 4.46. The standard InChI is InChI=1S/C27H31N5O2S/c1-4-22(31(16-8-15-28)26(33)21-13-11-18(2)12-14-21)25-29-23-19(3)30-35-24(23)27(34)32(25)17-20-9-6-5-7-10-20/h5-7,9-14,22H,4,8,15-17,28H2,1-3H3/t22-/m1/s1. The Morgan fingerprint density at radius 3 is 2.49 bits per heavy atom. The third kappa shape index (κ3) is 5.18. The van der Waals surface area contributed by atoms with Crippen molar-refractivity contribution in [1.82, 2.24) is 18.8 Å². The van der Waals surface area contributed by atoms with E-state index in [1.54, 1.807) is 4.57 Å². The van der Waals surface area contributed by atoms with Crippen molar-refractivity contribution in [3.05, 3.63) is 93.2 Å². The summed E-state index contributed by atoms with van der Waals surface area (Å²) in [6.07, 6.45) is 1.25. The number of nitrogens with two attached hydrogens (primary N) is 1. The highest BCUT2D eigenvalue weighted by molar-refractivity contribution is 7.13. The van der Waals surface area contributed by atoms with Gasteiger partial charge in [0.2, 0.25) is 0 Å². The molecule has 2 aromatic carbocycles. The van der Waals surface area contributed by atoms with Crippen LogP contribution in [0.3, 0.4) is 0 Å². The summed E-state index contributed by atoms with van der Waals surface area (Å²) in [4.78, 5) is 34.2. The van der Waals surface area contributed by atoms with Crippen molar-refractivity contribution < 1.29 is 4.79 Å². The fourth-order valence-electron chi connectivity index (χ4n) is 4.28. The maximum atomic E-state index is 13.7. The van der Waals surface area contributed by atoms with Crippen LogP contribution in [-0.2, 0) is 6.54 Å². The van der Waals surface area contributed by atoms with Crippen LogP contribution in [0.1, 0.15) is 58.8 Å². The lowest BCUT2D eigenvalue weighted by Gasteiger charge is -2.32. The summed E-state index contributed by atoms with van der Waals surface area (Å²) in [6.45, 7) is 7.18. The van der Waals surface area contributed by atoms with Gasteiger partial charge < -0.3 is 10.6 Å². The number of aromatic nitrogens is 3. The molecule has 0 aliphatic rings. The van der Waals surface area contributed by atoms with Gasteiger partial charge in [-0.15, -0.1) is 0 Å². The molecule has 0 aliphatic heterocycles. The van der Waals surface area contributed by atoms with E-state index in [1.807, 2.05) is 80.3 Å². The van der Waals surface area contributed by atoms with Gasteiger partial charge in [0.05, 0.1) is 18.3 Å². The Kier molecular flexibility index (Phi) is 7.73. The van der Waals surface area contributed by atoms with E-state index in [9.17, 15) is 9.59 Å². The number of aryl methyl sites for hydroxylation is 2. The lowest BCUT2D eigenvalue weighted by atomic mass is 10.1. The van der Waals surface area contributed by atoms with E-state index in [2.05, 4.69) is 4.37 Å². The smallest absolute Gasteiger partial charge is 0.273 e. The first kappa shape index (κ1) is 24.8. The quantitative estimate of drug-likeness (QED) is 0.375. The Hall–Kier alpha value is -3.36. The first-order valence-electron chi connectivity index (χ1n) is 11.9. The van der Waals surface area contributed by atoms with E-state index < -0.39 is 6.04 Å². The molecule has 0 fully saturated rings. The van der Waals surface area contributed by atoms with Crippen LogP contribution in [0.5, 0.6) is 0 Å². The Bertz CT molecular complexity index is 1360. The van der Waals surface area contributed by atoms with Gasteiger partial charge in [0.15, 0.2) is 0 Å². The van der Waals surface area contributed by atoms with Crippen molar-refractivity contribution in [3.63, 3.8) is 0 Å². The molecule has 0 unspecified atom stereocenters. The number of amides is 1. The van der Waals surface area contributed by atoms with Gasteiger partial charge >= 0.3 is 0 Å². The van der Waals surface area contributed by atoms with Gasteiger partial charge in [0.25, 0.3) is 11.5 Å². The molecular formula is C27H31N5O2S. The third-order valence-electron chi connectivity index (χ3n) is 6.18. The van der Waals surface area contributed by atoms with Gasteiger partial charge in [-0.25, -0.2) is 4.98 Å². The van der Waals surface area contributed by atoms with E-state index >= 15 is 0 Å². The first-order chi connectivity index (χ1) is 16.9. The van der Waals surface area contributed by atoms with Crippen molar-refractivity contribution in [2.75, 3.05) is 13.1 Å². The van der Waals surface area contributed by atoms with E-state index in [0.717, 1.165) is 16.8 Å². The molecule has 0 saturated heterocycles. The lowest BCUT2D eigenvalue weighted by Crippen LogP contribution is -2.40. The molecule has 8 heteroatoms. The van der Waals surface area contributed by atoms with Crippen LogP contribution in [-0.4, -0.2) is 37.8 Å². The topological polar surface area (TPSA) is 94.1 Å². The van der Waals surface area contributed by atoms with E-state index in [4.69, 9.17) is 10.7 Å². The summed E-state index contributed by atoms with van der Waals surface area (Å²) in [5.74, 6) is 0.487. The predicted molar refractivity (Wildman–Crippen MR) is 141 cm³/mol. The van der Waals surface area contributed by atoms with Gasteiger partial charge in [-0.3, -0.25) is 14.2 Å². The molecule has 0 spiro atoms. The third-order valence-corrected chi connectivity index (χ3v) is 7.10. The number of carbonyl (C=O) groups is 1. The van der Waals surface area contributed by atoms with Gasteiger partial charge in [0, 0.05) is 12.1 Å². The zero-order valence-corrected chi connectivity index (χ0v) is 21.2. The summed E-state index contributed by atoms with van der Waals surface area (Å²) in [5.41, 5.74) is 9.74. The maximum absolute atomic E-state index is 13.7. The summed E-state index contributed by atoms with van der Waals surface area (Å²) in [7, 11) is 0. The number of fused-ring (bicyclic) bond motifs is 1. The molecule has 2 aromatic heterocycles. The number of benzene rings is 2. The summed E-state index contributed by atoms with van der Waals surface area (Å²) >= 11 is 1.18. The van der Waals surface area contributed by atoms with Crippen LogP contribution in [0.25, 0.3) is 10.2 Å². The van der Waals surface area contributed by atoms with Crippen molar-refractivity contribution in [2.24, 2.45) is 5.73 Å². The molecule has 4 aromatic rings. The number of nitrogens with zero attached hydrogens (tertiary/aromatic N) is 4. The van der Waals surface area contributed by atoms with E-state index in [0.29, 0.717) is 54.1 Å². The Balaban J connectivity index is 1.87. The average Bonchev–Trinajstić information content (AvgIpc) is 3.25. The molecule has 2 N–H and O–H groups in total. The van der Waals surface area contributed by atoms with Gasteiger partial charge in [-0.2, -0.15) is 4.37 Å². The zero-order chi connectivity index (χ0) is 24.9. The van der Waals surface area contributed by atoms with Crippen LogP contribution in [0.4, 0.5) is 0 Å². The zero-order valence-electron chi connectivity index (χ0n) is 20.4. The molecule has 0 radical (unpaired) electrons. The van der Waals surface area contributed by atoms with Crippen molar-refractivity contribution in [2.45, 2.75) is 46.2 Å². The lowest BCUT2D eigenvalue weighted by molar-refractivity contribution is 0.0656. The second-order valence-electron chi connectivity index (χ2n) is 8.72.